The molecule has 1 aliphatic rings. The number of anilines is 1. The van der Waals surface area contributed by atoms with Crippen LogP contribution in [0.5, 0.6) is 0 Å². The first-order valence-electron chi connectivity index (χ1n) is 13.7. The first-order valence-corrected chi connectivity index (χ1v) is 13.7. The van der Waals surface area contributed by atoms with Crippen LogP contribution in [0.4, 0.5) is 5.69 Å². The normalized spacial score (nSPS) is 13.0. The Balaban J connectivity index is 0.000000183. The van der Waals surface area contributed by atoms with Crippen molar-refractivity contribution < 1.29 is 20.1 Å². The molecule has 0 radical (unpaired) electrons. The summed E-state index contributed by atoms with van der Waals surface area (Å²) < 4.78 is 2.39. The number of nitrogens with zero attached hydrogens (tertiary/aromatic N) is 4. The molecule has 41 heavy (non-hydrogen) atoms. The summed E-state index contributed by atoms with van der Waals surface area (Å²) in [5.74, 6) is 0. The summed E-state index contributed by atoms with van der Waals surface area (Å²) in [5, 5.41) is 5.08. The van der Waals surface area contributed by atoms with Crippen molar-refractivity contribution in [3.05, 3.63) is 134 Å². The first-order chi connectivity index (χ1) is 19.6. The van der Waals surface area contributed by atoms with Gasteiger partial charge in [-0.3, -0.25) is 0 Å². The van der Waals surface area contributed by atoms with Gasteiger partial charge in [0.05, 0.1) is 0 Å². The van der Waals surface area contributed by atoms with E-state index in [1.54, 1.807) is 0 Å². The quantitative estimate of drug-likeness (QED) is 0.172. The van der Waals surface area contributed by atoms with Gasteiger partial charge in [0.1, 0.15) is 0 Å². The minimum absolute atomic E-state index is 0. The van der Waals surface area contributed by atoms with Gasteiger partial charge in [-0.2, -0.15) is 6.67 Å². The van der Waals surface area contributed by atoms with Crippen molar-refractivity contribution in [3.8, 4) is 11.3 Å². The Labute approximate surface area is 254 Å². The molecule has 0 bridgehead atoms. The number of para-hydroxylation sites is 2. The van der Waals surface area contributed by atoms with Gasteiger partial charge < -0.3 is 19.2 Å². The van der Waals surface area contributed by atoms with E-state index in [-0.39, 0.29) is 20.1 Å². The fraction of sp³-hybridized carbons (Fsp3) is 0.111. The molecular weight excluding hydrogens is 681 g/mol. The molecule has 0 saturated carbocycles. The van der Waals surface area contributed by atoms with Crippen LogP contribution in [0.1, 0.15) is 19.4 Å². The van der Waals surface area contributed by atoms with Crippen LogP contribution in [0.3, 0.4) is 0 Å². The molecule has 5 heteroatoms. The summed E-state index contributed by atoms with van der Waals surface area (Å²) >= 11 is 0. The van der Waals surface area contributed by atoms with Gasteiger partial charge in [-0.25, -0.2) is 0 Å². The molecule has 0 fully saturated rings. The van der Waals surface area contributed by atoms with Crippen molar-refractivity contribution in [1.82, 2.24) is 14.3 Å². The van der Waals surface area contributed by atoms with Gasteiger partial charge in [0.15, 0.2) is 0 Å². The van der Waals surface area contributed by atoms with Crippen molar-refractivity contribution in [2.75, 3.05) is 4.90 Å². The number of hydrogen-bond donors (Lipinski definition) is 0. The number of aromatic nitrogens is 2. The molecule has 0 atom stereocenters. The summed E-state index contributed by atoms with van der Waals surface area (Å²) in [4.78, 5) is 8.67. The van der Waals surface area contributed by atoms with Crippen LogP contribution in [0.25, 0.3) is 49.4 Å². The monoisotopic (exact) mass is 710 g/mol. The van der Waals surface area contributed by atoms with Crippen molar-refractivity contribution in [1.29, 1.82) is 0 Å². The SMILES string of the molecule is CC(C)N1C=CN(c2[c-]c3c4cccc5c6ccccc6n(c3cc2)c45)[CH-]1.Cc1ccc(-c2[c-]cccc2)nc1.[Ir+3]. The minimum atomic E-state index is 0. The third kappa shape index (κ3) is 4.76. The Hall–Kier alpha value is -4.18. The van der Waals surface area contributed by atoms with Gasteiger partial charge in [-0.1, -0.05) is 59.6 Å². The second-order valence-corrected chi connectivity index (χ2v) is 10.5. The van der Waals surface area contributed by atoms with E-state index >= 15 is 0 Å². The van der Waals surface area contributed by atoms with Crippen LogP contribution in [-0.2, 0) is 20.1 Å². The van der Waals surface area contributed by atoms with E-state index in [9.17, 15) is 0 Å². The van der Waals surface area contributed by atoms with Crippen molar-refractivity contribution >= 4 is 43.8 Å². The van der Waals surface area contributed by atoms with Gasteiger partial charge in [0.2, 0.25) is 0 Å². The predicted molar refractivity (Wildman–Crippen MR) is 166 cm³/mol. The number of hydrogen-bond acceptors (Lipinski definition) is 3. The summed E-state index contributed by atoms with van der Waals surface area (Å²) in [6, 6.07) is 38.8. The van der Waals surface area contributed by atoms with Crippen molar-refractivity contribution in [3.63, 3.8) is 0 Å². The maximum atomic E-state index is 4.32. The van der Waals surface area contributed by atoms with Gasteiger partial charge in [-0.05, 0) is 67.4 Å². The molecule has 0 amide bonds. The molecular formula is C36H29IrN4. The Kier molecular flexibility index (Phi) is 7.25. The van der Waals surface area contributed by atoms with E-state index in [1.165, 1.54) is 43.7 Å². The Morgan fingerprint density at radius 3 is 2.34 bits per heavy atom. The van der Waals surface area contributed by atoms with Gasteiger partial charge >= 0.3 is 20.1 Å². The smallest absolute Gasteiger partial charge is 0.506 e. The minimum Gasteiger partial charge on any atom is -0.506 e. The molecule has 0 saturated heterocycles. The molecule has 0 unspecified atom stereocenters. The molecule has 7 aromatic rings. The topological polar surface area (TPSA) is 23.8 Å². The zero-order valence-corrected chi connectivity index (χ0v) is 25.6. The van der Waals surface area contributed by atoms with Gasteiger partial charge in [-0.15, -0.1) is 59.5 Å². The maximum Gasteiger partial charge on any atom is 3.00 e. The standard InChI is InChI=1S/C24H19N3.C12H10N.Ir/c1-16(2)25-12-13-26(15-25)17-10-11-23-21(14-17)20-8-5-7-19-18-6-3-4-9-22(18)27(23)24(19)20;1-10-7-8-12(13-9-10)11-5-3-2-4-6-11;/h3-13,15-16H,1-2H3;2-5,7-9H,1H3;/q-2;-1;+3. The summed E-state index contributed by atoms with van der Waals surface area (Å²) in [6.07, 6.45) is 6.09. The van der Waals surface area contributed by atoms with Crippen LogP contribution in [0.2, 0.25) is 0 Å². The third-order valence-electron chi connectivity index (χ3n) is 7.54. The summed E-state index contributed by atoms with van der Waals surface area (Å²) in [6.45, 7) is 8.55. The molecule has 1 aliphatic heterocycles. The molecule has 4 aromatic carbocycles. The number of fused-ring (bicyclic) bond motifs is 6. The Morgan fingerprint density at radius 2 is 1.59 bits per heavy atom. The summed E-state index contributed by atoms with van der Waals surface area (Å²) in [5.41, 5.74) is 8.05. The molecule has 8 rings (SSSR count). The van der Waals surface area contributed by atoms with Crippen LogP contribution in [0, 0.1) is 25.7 Å². The van der Waals surface area contributed by atoms with Crippen molar-refractivity contribution in [2.45, 2.75) is 26.8 Å². The number of benzene rings is 4. The van der Waals surface area contributed by atoms with Crippen LogP contribution in [-0.4, -0.2) is 20.3 Å². The molecule has 0 N–H and O–H groups in total. The van der Waals surface area contributed by atoms with Crippen molar-refractivity contribution in [2.24, 2.45) is 0 Å². The fourth-order valence-electron chi connectivity index (χ4n) is 5.48. The second-order valence-electron chi connectivity index (χ2n) is 10.5. The van der Waals surface area contributed by atoms with Crippen LogP contribution < -0.4 is 4.90 Å². The van der Waals surface area contributed by atoms with E-state index in [0.29, 0.717) is 6.04 Å². The third-order valence-corrected chi connectivity index (χ3v) is 7.54. The predicted octanol–water partition coefficient (Wildman–Crippen LogP) is 8.61. The fourth-order valence-corrected chi connectivity index (χ4v) is 5.48. The molecule has 3 aromatic heterocycles. The molecule has 4 nitrogen and oxygen atoms in total. The average Bonchev–Trinajstić information content (AvgIpc) is 3.70. The average molecular weight is 710 g/mol. The van der Waals surface area contributed by atoms with E-state index in [1.807, 2.05) is 43.5 Å². The van der Waals surface area contributed by atoms with E-state index in [2.05, 4.69) is 125 Å². The van der Waals surface area contributed by atoms with E-state index in [4.69, 9.17) is 0 Å². The molecule has 202 valence electrons. The molecule has 0 spiro atoms. The Morgan fingerprint density at radius 1 is 0.780 bits per heavy atom. The number of aryl methyl sites for hydroxylation is 1. The van der Waals surface area contributed by atoms with Gasteiger partial charge in [0, 0.05) is 22.6 Å². The second kappa shape index (κ2) is 11.0. The maximum absolute atomic E-state index is 4.32. The molecule has 4 heterocycles. The number of rotatable bonds is 3. The molecule has 0 aliphatic carbocycles. The number of pyridine rings is 1. The van der Waals surface area contributed by atoms with E-state index in [0.717, 1.165) is 16.9 Å². The first kappa shape index (κ1) is 27.0. The zero-order valence-electron chi connectivity index (χ0n) is 23.2. The Bertz CT molecular complexity index is 1970. The van der Waals surface area contributed by atoms with Crippen LogP contribution in [0.15, 0.2) is 110 Å². The van der Waals surface area contributed by atoms with Gasteiger partial charge in [0.25, 0.3) is 0 Å². The largest absolute Gasteiger partial charge is 3.00 e. The van der Waals surface area contributed by atoms with Crippen LogP contribution >= 0.6 is 0 Å². The van der Waals surface area contributed by atoms with E-state index < -0.39 is 0 Å². The zero-order chi connectivity index (χ0) is 27.2. The summed E-state index contributed by atoms with van der Waals surface area (Å²) in [7, 11) is 0.